The lowest BCUT2D eigenvalue weighted by Crippen LogP contribution is -2.22. The molecule has 0 saturated heterocycles. The maximum Gasteiger partial charge on any atom is 0.129 e. The Labute approximate surface area is 105 Å². The number of halogens is 1. The van der Waals surface area contributed by atoms with E-state index in [0.717, 1.165) is 5.69 Å². The first kappa shape index (κ1) is 12.6. The Kier molecular flexibility index (Phi) is 4.33. The molecule has 0 aliphatic rings. The van der Waals surface area contributed by atoms with Crippen molar-refractivity contribution in [2.45, 2.75) is 12.6 Å². The highest BCUT2D eigenvalue weighted by molar-refractivity contribution is 5.20. The Morgan fingerprint density at radius 2 is 2.11 bits per heavy atom. The van der Waals surface area contributed by atoms with E-state index in [9.17, 15) is 9.50 Å². The molecule has 0 bridgehead atoms. The molecule has 2 N–H and O–H groups in total. The van der Waals surface area contributed by atoms with E-state index in [1.807, 2.05) is 0 Å². The minimum absolute atomic E-state index is 0.269. The molecule has 0 aliphatic carbocycles. The van der Waals surface area contributed by atoms with Crippen molar-refractivity contribution in [2.24, 2.45) is 0 Å². The largest absolute Gasteiger partial charge is 0.387 e. The van der Waals surface area contributed by atoms with Gasteiger partial charge in [0.15, 0.2) is 0 Å². The van der Waals surface area contributed by atoms with Crippen molar-refractivity contribution in [3.63, 3.8) is 0 Å². The van der Waals surface area contributed by atoms with Gasteiger partial charge in [-0.15, -0.1) is 0 Å². The minimum atomic E-state index is -0.868. The summed E-state index contributed by atoms with van der Waals surface area (Å²) in [6, 6.07) is 7.99. The van der Waals surface area contributed by atoms with Crippen molar-refractivity contribution in [1.29, 1.82) is 0 Å². The normalized spacial score (nSPS) is 12.3. The van der Waals surface area contributed by atoms with Crippen LogP contribution in [0.2, 0.25) is 0 Å². The molecule has 2 aromatic rings. The third-order valence-corrected chi connectivity index (χ3v) is 2.55. The second kappa shape index (κ2) is 6.18. The number of hydrogen-bond donors (Lipinski definition) is 2. The van der Waals surface area contributed by atoms with Gasteiger partial charge in [-0.05, 0) is 12.1 Å². The Morgan fingerprint density at radius 3 is 2.83 bits per heavy atom. The highest BCUT2D eigenvalue weighted by Crippen LogP contribution is 2.15. The summed E-state index contributed by atoms with van der Waals surface area (Å²) < 4.78 is 13.4. The molecule has 1 aromatic carbocycles. The third kappa shape index (κ3) is 3.32. The number of rotatable bonds is 5. The second-order valence-electron chi connectivity index (χ2n) is 3.87. The smallest absolute Gasteiger partial charge is 0.129 e. The summed E-state index contributed by atoms with van der Waals surface area (Å²) >= 11 is 0. The first-order valence-electron chi connectivity index (χ1n) is 5.65. The molecule has 94 valence electrons. The monoisotopic (exact) mass is 247 g/mol. The highest BCUT2D eigenvalue weighted by atomic mass is 19.1. The van der Waals surface area contributed by atoms with Gasteiger partial charge in [0.25, 0.3) is 0 Å². The molecule has 0 aliphatic heterocycles. The molecule has 0 fully saturated rings. The summed E-state index contributed by atoms with van der Waals surface area (Å²) in [6.45, 7) is 0.777. The number of aromatic nitrogens is 2. The molecule has 18 heavy (non-hydrogen) atoms. The second-order valence-corrected chi connectivity index (χ2v) is 3.87. The summed E-state index contributed by atoms with van der Waals surface area (Å²) in [7, 11) is 0. The molecule has 0 amide bonds. The first-order chi connectivity index (χ1) is 8.77. The van der Waals surface area contributed by atoms with Gasteiger partial charge in [-0.2, -0.15) is 0 Å². The SMILES string of the molecule is OC(CNCc1ccncn1)c1ccccc1F. The van der Waals surface area contributed by atoms with Crippen LogP contribution >= 0.6 is 0 Å². The van der Waals surface area contributed by atoms with Gasteiger partial charge >= 0.3 is 0 Å². The fourth-order valence-electron chi connectivity index (χ4n) is 1.61. The Bertz CT molecular complexity index is 493. The zero-order chi connectivity index (χ0) is 12.8. The van der Waals surface area contributed by atoms with E-state index in [1.54, 1.807) is 30.5 Å². The van der Waals surface area contributed by atoms with Gasteiger partial charge < -0.3 is 10.4 Å². The van der Waals surface area contributed by atoms with Gasteiger partial charge in [0.2, 0.25) is 0 Å². The average molecular weight is 247 g/mol. The van der Waals surface area contributed by atoms with Gasteiger partial charge in [0.05, 0.1) is 11.8 Å². The van der Waals surface area contributed by atoms with Gasteiger partial charge in [0.1, 0.15) is 12.1 Å². The Morgan fingerprint density at radius 1 is 1.28 bits per heavy atom. The molecule has 1 atom stereocenters. The molecule has 1 aromatic heterocycles. The van der Waals surface area contributed by atoms with Crippen LogP contribution in [0, 0.1) is 5.82 Å². The fourth-order valence-corrected chi connectivity index (χ4v) is 1.61. The standard InChI is InChI=1S/C13H14FN3O/c14-12-4-2-1-3-11(12)13(18)8-16-7-10-5-6-15-9-17-10/h1-6,9,13,16,18H,7-8H2. The number of hydrogen-bond acceptors (Lipinski definition) is 4. The maximum absolute atomic E-state index is 13.4. The lowest BCUT2D eigenvalue weighted by molar-refractivity contribution is 0.169. The number of benzene rings is 1. The lowest BCUT2D eigenvalue weighted by atomic mass is 10.1. The molecule has 1 unspecified atom stereocenters. The molecule has 0 saturated carbocycles. The molecule has 4 nitrogen and oxygen atoms in total. The van der Waals surface area contributed by atoms with Crippen molar-refractivity contribution < 1.29 is 9.50 Å². The van der Waals surface area contributed by atoms with Crippen LogP contribution in [0.15, 0.2) is 42.9 Å². The zero-order valence-corrected chi connectivity index (χ0v) is 9.75. The van der Waals surface area contributed by atoms with E-state index in [2.05, 4.69) is 15.3 Å². The van der Waals surface area contributed by atoms with Crippen molar-refractivity contribution in [3.8, 4) is 0 Å². The first-order valence-corrected chi connectivity index (χ1v) is 5.65. The van der Waals surface area contributed by atoms with Crippen molar-refractivity contribution in [1.82, 2.24) is 15.3 Å². The lowest BCUT2D eigenvalue weighted by Gasteiger charge is -2.12. The van der Waals surface area contributed by atoms with E-state index >= 15 is 0 Å². The van der Waals surface area contributed by atoms with Crippen molar-refractivity contribution >= 4 is 0 Å². The summed E-state index contributed by atoms with van der Waals surface area (Å²) in [5, 5.41) is 12.9. The Hall–Kier alpha value is -1.85. The van der Waals surface area contributed by atoms with Gasteiger partial charge in [-0.3, -0.25) is 0 Å². The predicted molar refractivity (Wildman–Crippen MR) is 65.1 cm³/mol. The maximum atomic E-state index is 13.4. The molecular weight excluding hydrogens is 233 g/mol. The van der Waals surface area contributed by atoms with E-state index in [-0.39, 0.29) is 6.54 Å². The van der Waals surface area contributed by atoms with Crippen LogP contribution in [0.4, 0.5) is 4.39 Å². The number of nitrogens with zero attached hydrogens (tertiary/aromatic N) is 2. The number of aliphatic hydroxyl groups is 1. The summed E-state index contributed by atoms with van der Waals surface area (Å²) in [5.74, 6) is -0.395. The van der Waals surface area contributed by atoms with Crippen LogP contribution in [-0.2, 0) is 6.54 Å². The van der Waals surface area contributed by atoms with Crippen molar-refractivity contribution in [2.75, 3.05) is 6.54 Å². The van der Waals surface area contributed by atoms with Crippen molar-refractivity contribution in [3.05, 3.63) is 59.9 Å². The van der Waals surface area contributed by atoms with Crippen LogP contribution in [-0.4, -0.2) is 21.6 Å². The summed E-state index contributed by atoms with van der Waals surface area (Å²) in [5.41, 5.74) is 1.12. The molecular formula is C13H14FN3O. The van der Waals surface area contributed by atoms with E-state index in [4.69, 9.17) is 0 Å². The highest BCUT2D eigenvalue weighted by Gasteiger charge is 2.11. The van der Waals surface area contributed by atoms with Crippen LogP contribution in [0.3, 0.4) is 0 Å². The van der Waals surface area contributed by atoms with Crippen LogP contribution in [0.1, 0.15) is 17.4 Å². The predicted octanol–water partition coefficient (Wildman–Crippen LogP) is 1.44. The molecule has 1 heterocycles. The number of aliphatic hydroxyl groups excluding tert-OH is 1. The van der Waals surface area contributed by atoms with E-state index in [1.165, 1.54) is 12.4 Å². The molecule has 0 radical (unpaired) electrons. The van der Waals surface area contributed by atoms with Crippen LogP contribution < -0.4 is 5.32 Å². The van der Waals surface area contributed by atoms with E-state index in [0.29, 0.717) is 12.1 Å². The summed E-state index contributed by atoms with van der Waals surface area (Å²) in [4.78, 5) is 7.85. The van der Waals surface area contributed by atoms with Gasteiger partial charge in [0, 0.05) is 24.8 Å². The Balaban J connectivity index is 1.86. The quantitative estimate of drug-likeness (QED) is 0.839. The number of nitrogens with one attached hydrogen (secondary N) is 1. The summed E-state index contributed by atoms with van der Waals surface area (Å²) in [6.07, 6.45) is 2.25. The fraction of sp³-hybridized carbons (Fsp3) is 0.231. The topological polar surface area (TPSA) is 58.0 Å². The van der Waals surface area contributed by atoms with Gasteiger partial charge in [-0.1, -0.05) is 18.2 Å². The average Bonchev–Trinajstić information content (AvgIpc) is 2.40. The minimum Gasteiger partial charge on any atom is -0.387 e. The van der Waals surface area contributed by atoms with Crippen LogP contribution in [0.25, 0.3) is 0 Å². The molecule has 2 rings (SSSR count). The third-order valence-electron chi connectivity index (χ3n) is 2.55. The zero-order valence-electron chi connectivity index (χ0n) is 9.75. The van der Waals surface area contributed by atoms with E-state index < -0.39 is 11.9 Å². The molecule has 0 spiro atoms. The molecule has 5 heteroatoms. The van der Waals surface area contributed by atoms with Gasteiger partial charge in [-0.25, -0.2) is 14.4 Å². The van der Waals surface area contributed by atoms with Crippen LogP contribution in [0.5, 0.6) is 0 Å².